The summed E-state index contributed by atoms with van der Waals surface area (Å²) >= 11 is 0. The van der Waals surface area contributed by atoms with Gasteiger partial charge in [-0.2, -0.15) is 10.4 Å². The molecule has 3 atom stereocenters. The minimum atomic E-state index is -1.51. The van der Waals surface area contributed by atoms with Crippen LogP contribution in [0.1, 0.15) is 45.9 Å². The number of aromatic nitrogens is 3. The fourth-order valence-electron chi connectivity index (χ4n) is 3.60. The van der Waals surface area contributed by atoms with Crippen LogP contribution in [-0.2, 0) is 18.9 Å². The number of rotatable bonds is 9. The topological polar surface area (TPSA) is 144 Å². The van der Waals surface area contributed by atoms with E-state index in [1.807, 2.05) is 27.9 Å². The molecule has 1 aliphatic heterocycles. The van der Waals surface area contributed by atoms with Crippen LogP contribution in [0.25, 0.3) is 5.52 Å². The molecule has 12 heteroatoms. The fourth-order valence-corrected chi connectivity index (χ4v) is 3.60. The van der Waals surface area contributed by atoms with Crippen LogP contribution in [0, 0.1) is 17.2 Å². The van der Waals surface area contributed by atoms with Crippen molar-refractivity contribution in [2.45, 2.75) is 57.7 Å². The second-order valence-corrected chi connectivity index (χ2v) is 9.54. The van der Waals surface area contributed by atoms with Gasteiger partial charge in [0.1, 0.15) is 30.6 Å². The van der Waals surface area contributed by atoms with Crippen molar-refractivity contribution in [3.05, 3.63) is 24.2 Å². The molecule has 1 fully saturated rings. The maximum Gasteiger partial charge on any atom is 0.508 e. The molecule has 190 valence electrons. The summed E-state index contributed by atoms with van der Waals surface area (Å²) in [5.41, 5.74) is -0.327. The maximum atomic E-state index is 12.0. The Labute approximate surface area is 204 Å². The van der Waals surface area contributed by atoms with Crippen molar-refractivity contribution in [1.29, 1.82) is 5.26 Å². The van der Waals surface area contributed by atoms with Gasteiger partial charge in [-0.3, -0.25) is 0 Å². The number of nitrogens with zero attached hydrogens (tertiary/aromatic N) is 6. The second-order valence-electron chi connectivity index (χ2n) is 9.54. The zero-order chi connectivity index (χ0) is 25.8. The Balaban J connectivity index is 1.91. The molecule has 0 spiro atoms. The predicted octanol–water partition coefficient (Wildman–Crippen LogP) is 2.60. The number of aliphatic hydroxyl groups is 1. The molecule has 1 N–H and O–H groups in total. The first-order valence-corrected chi connectivity index (χ1v) is 11.2. The van der Waals surface area contributed by atoms with Gasteiger partial charge in [0, 0.05) is 20.5 Å². The smallest absolute Gasteiger partial charge is 0.434 e. The van der Waals surface area contributed by atoms with Crippen molar-refractivity contribution in [1.82, 2.24) is 19.5 Å². The highest BCUT2D eigenvalue weighted by Crippen LogP contribution is 2.43. The molecule has 0 aromatic carbocycles. The van der Waals surface area contributed by atoms with Crippen LogP contribution in [0.15, 0.2) is 23.5 Å². The molecule has 1 aliphatic rings. The molecule has 2 aromatic heterocycles. The summed E-state index contributed by atoms with van der Waals surface area (Å²) in [7, 11) is 3.69. The first-order valence-electron chi connectivity index (χ1n) is 11.2. The lowest BCUT2D eigenvalue weighted by Crippen LogP contribution is -2.35. The predicted molar refractivity (Wildman–Crippen MR) is 125 cm³/mol. The van der Waals surface area contributed by atoms with Gasteiger partial charge in [0.15, 0.2) is 17.2 Å². The molecule has 1 saturated heterocycles. The average molecular weight is 489 g/mol. The molecule has 0 saturated carbocycles. The quantitative estimate of drug-likeness (QED) is 0.242. The summed E-state index contributed by atoms with van der Waals surface area (Å²) in [6, 6.07) is 5.67. The van der Waals surface area contributed by atoms with E-state index in [1.54, 1.807) is 27.9 Å². The van der Waals surface area contributed by atoms with Crippen LogP contribution < -0.4 is 0 Å². The monoisotopic (exact) mass is 488 g/mol. The van der Waals surface area contributed by atoms with Crippen LogP contribution in [-0.4, -0.2) is 81.9 Å². The van der Waals surface area contributed by atoms with Gasteiger partial charge in [-0.25, -0.2) is 19.3 Å². The molecule has 35 heavy (non-hydrogen) atoms. The van der Waals surface area contributed by atoms with Gasteiger partial charge in [-0.05, 0) is 31.9 Å². The number of carbonyl (C=O) groups excluding carboxylic acids is 1. The largest absolute Gasteiger partial charge is 0.508 e. The Hall–Kier alpha value is -3.27. The molecule has 3 rings (SSSR count). The molecule has 0 radical (unpaired) electrons. The lowest BCUT2D eigenvalue weighted by atomic mass is 9.99. The summed E-state index contributed by atoms with van der Waals surface area (Å²) in [5.74, 6) is -0.917. The molecule has 0 bridgehead atoms. The van der Waals surface area contributed by atoms with E-state index in [9.17, 15) is 15.2 Å². The van der Waals surface area contributed by atoms with Crippen molar-refractivity contribution in [3.8, 4) is 6.07 Å². The Kier molecular flexibility index (Phi) is 7.94. The Morgan fingerprint density at radius 2 is 2.20 bits per heavy atom. The van der Waals surface area contributed by atoms with Crippen LogP contribution in [0.4, 0.5) is 10.6 Å². The standard InChI is InChI=1S/C23H32N6O6/c1-15(2)10-32-21(30)33-12-23(11-24)9-18(34-22(3,4)31)19(35-23)16-7-8-17-20(26-14-28(5)6)25-13-27-29(16)17/h7-8,13-15,18-19,31H,9-10,12H2,1-6H3/t18-,19+,23-/m1/s1. The molecular formula is C23H32N6O6. The highest BCUT2D eigenvalue weighted by atomic mass is 16.7. The molecular weight excluding hydrogens is 456 g/mol. The zero-order valence-electron chi connectivity index (χ0n) is 20.8. The van der Waals surface area contributed by atoms with E-state index in [0.29, 0.717) is 17.0 Å². The van der Waals surface area contributed by atoms with Crippen molar-refractivity contribution in [2.75, 3.05) is 27.3 Å². The molecule has 12 nitrogen and oxygen atoms in total. The number of nitriles is 1. The van der Waals surface area contributed by atoms with Gasteiger partial charge in [-0.1, -0.05) is 13.8 Å². The highest BCUT2D eigenvalue weighted by Gasteiger charge is 2.51. The maximum absolute atomic E-state index is 12.0. The Bertz CT molecular complexity index is 1100. The van der Waals surface area contributed by atoms with Crippen LogP contribution in [0.2, 0.25) is 0 Å². The van der Waals surface area contributed by atoms with Crippen molar-refractivity contribution < 1.29 is 28.8 Å². The fraction of sp³-hybridized carbons (Fsp3) is 0.609. The summed E-state index contributed by atoms with van der Waals surface area (Å²) in [4.78, 5) is 22.4. The first-order chi connectivity index (χ1) is 16.4. The van der Waals surface area contributed by atoms with Crippen LogP contribution in [0.3, 0.4) is 0 Å². The number of hydrogen-bond donors (Lipinski definition) is 1. The number of aliphatic imine (C=N–C) groups is 1. The highest BCUT2D eigenvalue weighted by molar-refractivity contribution is 5.70. The van der Waals surface area contributed by atoms with Crippen LogP contribution >= 0.6 is 0 Å². The third-order valence-electron chi connectivity index (χ3n) is 4.99. The SMILES string of the molecule is CC(C)COC(=O)OC[C@]1(C#N)C[C@@H](OC(C)(C)O)[C@H](c2ccc3c(N=CN(C)C)ncnn23)O1. The summed E-state index contributed by atoms with van der Waals surface area (Å²) in [6.07, 6.45) is 0.596. The third kappa shape index (κ3) is 6.66. The number of ether oxygens (including phenoxy) is 4. The van der Waals surface area contributed by atoms with E-state index in [2.05, 4.69) is 21.1 Å². The normalized spacial score (nSPS) is 22.6. The van der Waals surface area contributed by atoms with E-state index >= 15 is 0 Å². The van der Waals surface area contributed by atoms with E-state index in [4.69, 9.17) is 18.9 Å². The minimum Gasteiger partial charge on any atom is -0.434 e. The first kappa shape index (κ1) is 26.3. The minimum absolute atomic E-state index is 0.0412. The van der Waals surface area contributed by atoms with Gasteiger partial charge < -0.3 is 29.0 Å². The van der Waals surface area contributed by atoms with Crippen LogP contribution in [0.5, 0.6) is 0 Å². The number of hydrogen-bond acceptors (Lipinski definition) is 10. The van der Waals surface area contributed by atoms with Crippen molar-refractivity contribution in [2.24, 2.45) is 10.9 Å². The molecule has 2 aromatic rings. The Morgan fingerprint density at radius 3 is 2.83 bits per heavy atom. The van der Waals surface area contributed by atoms with Gasteiger partial charge in [0.25, 0.3) is 0 Å². The van der Waals surface area contributed by atoms with Crippen molar-refractivity contribution in [3.63, 3.8) is 0 Å². The lowest BCUT2D eigenvalue weighted by molar-refractivity contribution is -0.215. The molecule has 0 amide bonds. The molecule has 3 heterocycles. The van der Waals surface area contributed by atoms with E-state index in [-0.39, 0.29) is 25.6 Å². The molecule has 0 aliphatic carbocycles. The van der Waals surface area contributed by atoms with Crippen molar-refractivity contribution >= 4 is 23.8 Å². The number of fused-ring (bicyclic) bond motifs is 1. The van der Waals surface area contributed by atoms with E-state index in [1.165, 1.54) is 20.2 Å². The van der Waals surface area contributed by atoms with Gasteiger partial charge in [0.05, 0.1) is 24.7 Å². The van der Waals surface area contributed by atoms with Gasteiger partial charge in [-0.15, -0.1) is 0 Å². The zero-order valence-corrected chi connectivity index (χ0v) is 20.8. The summed E-state index contributed by atoms with van der Waals surface area (Å²) < 4.78 is 23.8. The lowest BCUT2D eigenvalue weighted by Gasteiger charge is -2.26. The number of carbonyl (C=O) groups is 1. The molecule has 0 unspecified atom stereocenters. The summed E-state index contributed by atoms with van der Waals surface area (Å²) in [6.45, 7) is 6.61. The Morgan fingerprint density at radius 1 is 1.46 bits per heavy atom. The van der Waals surface area contributed by atoms with Gasteiger partial charge >= 0.3 is 6.16 Å². The summed E-state index contributed by atoms with van der Waals surface area (Å²) in [5, 5.41) is 24.6. The van der Waals surface area contributed by atoms with Gasteiger partial charge in [0.2, 0.25) is 0 Å². The van der Waals surface area contributed by atoms with E-state index in [0.717, 1.165) is 0 Å². The second kappa shape index (κ2) is 10.6. The van der Waals surface area contributed by atoms with E-state index < -0.39 is 29.8 Å². The average Bonchev–Trinajstić information content (AvgIpc) is 3.35. The third-order valence-corrected chi connectivity index (χ3v) is 4.99.